The number of aromatic nitrogens is 3. The summed E-state index contributed by atoms with van der Waals surface area (Å²) in [4.78, 5) is 18.7. The number of rotatable bonds is 6. The van der Waals surface area contributed by atoms with Gasteiger partial charge in [-0.25, -0.2) is 4.98 Å². The monoisotopic (exact) mass is 345 g/mol. The Bertz CT molecular complexity index is 850. The number of halogens is 1. The van der Waals surface area contributed by atoms with E-state index in [0.717, 1.165) is 5.56 Å². The van der Waals surface area contributed by atoms with E-state index in [1.165, 1.54) is 18.3 Å². The van der Waals surface area contributed by atoms with Crippen LogP contribution in [0.5, 0.6) is 0 Å². The predicted molar refractivity (Wildman–Crippen MR) is 87.8 cm³/mol. The number of anilines is 1. The lowest BCUT2D eigenvalue weighted by Crippen LogP contribution is -2.08. The van der Waals surface area contributed by atoms with Crippen molar-refractivity contribution >= 4 is 23.1 Å². The summed E-state index contributed by atoms with van der Waals surface area (Å²) in [5.74, 6) is 1.09. The fourth-order valence-electron chi connectivity index (χ4n) is 2.04. The highest BCUT2D eigenvalue weighted by Gasteiger charge is 2.14. The molecule has 0 spiro atoms. The van der Waals surface area contributed by atoms with E-state index in [0.29, 0.717) is 29.7 Å². The molecule has 0 atom stereocenters. The molecule has 2 aromatic heterocycles. The number of pyridine rings is 1. The number of nitrogens with one attached hydrogen (secondary N) is 1. The van der Waals surface area contributed by atoms with E-state index >= 15 is 0 Å². The average Bonchev–Trinajstić information content (AvgIpc) is 3.05. The molecule has 3 rings (SSSR count). The Morgan fingerprint density at radius 1 is 1.25 bits per heavy atom. The Morgan fingerprint density at radius 3 is 2.79 bits per heavy atom. The summed E-state index contributed by atoms with van der Waals surface area (Å²) in [5.41, 5.74) is 0.715. The second kappa shape index (κ2) is 7.05. The maximum atomic E-state index is 10.9. The Morgan fingerprint density at radius 2 is 2.04 bits per heavy atom. The second-order valence-electron chi connectivity index (χ2n) is 4.82. The van der Waals surface area contributed by atoms with Crippen LogP contribution in [-0.4, -0.2) is 26.6 Å². The highest BCUT2D eigenvalue weighted by Crippen LogP contribution is 2.21. The van der Waals surface area contributed by atoms with Crippen LogP contribution in [0.4, 0.5) is 11.5 Å². The molecule has 9 heteroatoms. The first-order valence-electron chi connectivity index (χ1n) is 7.05. The van der Waals surface area contributed by atoms with Gasteiger partial charge >= 0.3 is 5.69 Å². The molecular weight excluding hydrogens is 334 g/mol. The number of nitro groups is 1. The summed E-state index contributed by atoms with van der Waals surface area (Å²) >= 11 is 5.84. The lowest BCUT2D eigenvalue weighted by atomic mass is 10.2. The Kier molecular flexibility index (Phi) is 4.66. The minimum Gasteiger partial charge on any atom is -0.364 e. The van der Waals surface area contributed by atoms with Gasteiger partial charge in [-0.3, -0.25) is 10.1 Å². The molecule has 1 N–H and O–H groups in total. The average molecular weight is 346 g/mol. The van der Waals surface area contributed by atoms with E-state index in [1.807, 2.05) is 0 Å². The highest BCUT2D eigenvalue weighted by atomic mass is 35.5. The third kappa shape index (κ3) is 3.66. The molecule has 0 aliphatic carbocycles. The topological polar surface area (TPSA) is 107 Å². The molecule has 122 valence electrons. The van der Waals surface area contributed by atoms with Crippen molar-refractivity contribution in [2.75, 3.05) is 11.9 Å². The zero-order chi connectivity index (χ0) is 16.9. The molecule has 0 aliphatic heterocycles. The van der Waals surface area contributed by atoms with Gasteiger partial charge in [0.1, 0.15) is 0 Å². The van der Waals surface area contributed by atoms with E-state index in [4.69, 9.17) is 16.1 Å². The molecule has 24 heavy (non-hydrogen) atoms. The summed E-state index contributed by atoms with van der Waals surface area (Å²) in [5, 5.41) is 18.4. The second-order valence-corrected chi connectivity index (χ2v) is 5.26. The van der Waals surface area contributed by atoms with Crippen molar-refractivity contribution in [1.82, 2.24) is 15.1 Å². The molecule has 0 aliphatic rings. The molecule has 0 bridgehead atoms. The largest absolute Gasteiger partial charge is 0.364 e. The van der Waals surface area contributed by atoms with E-state index in [9.17, 15) is 10.1 Å². The predicted octanol–water partition coefficient (Wildman–Crippen LogP) is 3.35. The van der Waals surface area contributed by atoms with Crippen LogP contribution < -0.4 is 5.32 Å². The van der Waals surface area contributed by atoms with Crippen molar-refractivity contribution in [3.63, 3.8) is 0 Å². The molecule has 1 aromatic carbocycles. The molecule has 0 saturated carbocycles. The summed E-state index contributed by atoms with van der Waals surface area (Å²) < 4.78 is 5.18. The van der Waals surface area contributed by atoms with E-state index < -0.39 is 4.92 Å². The lowest BCUT2D eigenvalue weighted by Gasteiger charge is -2.03. The maximum Gasteiger partial charge on any atom is 0.311 e. The minimum absolute atomic E-state index is 0.0788. The lowest BCUT2D eigenvalue weighted by molar-refractivity contribution is -0.384. The van der Waals surface area contributed by atoms with Crippen LogP contribution in [0.15, 0.2) is 47.1 Å². The van der Waals surface area contributed by atoms with Crippen molar-refractivity contribution < 1.29 is 9.45 Å². The summed E-state index contributed by atoms with van der Waals surface area (Å²) in [6.45, 7) is 0.375. The number of nitrogens with zero attached hydrogens (tertiary/aromatic N) is 4. The van der Waals surface area contributed by atoms with Crippen LogP contribution in [0.25, 0.3) is 11.4 Å². The Labute approximate surface area is 141 Å². The van der Waals surface area contributed by atoms with Gasteiger partial charge < -0.3 is 9.84 Å². The fraction of sp³-hybridized carbons (Fsp3) is 0.133. The van der Waals surface area contributed by atoms with Crippen LogP contribution in [-0.2, 0) is 6.42 Å². The van der Waals surface area contributed by atoms with Crippen LogP contribution in [0, 0.1) is 10.1 Å². The normalized spacial score (nSPS) is 10.5. The van der Waals surface area contributed by atoms with Gasteiger partial charge in [0.25, 0.3) is 0 Å². The van der Waals surface area contributed by atoms with Crippen molar-refractivity contribution in [3.8, 4) is 11.4 Å². The number of hydrogen-bond acceptors (Lipinski definition) is 7. The van der Waals surface area contributed by atoms with Gasteiger partial charge in [-0.1, -0.05) is 16.8 Å². The summed E-state index contributed by atoms with van der Waals surface area (Å²) in [7, 11) is 0. The van der Waals surface area contributed by atoms with Crippen LogP contribution in [0.2, 0.25) is 5.02 Å². The van der Waals surface area contributed by atoms with Crippen LogP contribution in [0.3, 0.4) is 0 Å². The van der Waals surface area contributed by atoms with Crippen molar-refractivity contribution in [2.24, 2.45) is 0 Å². The molecule has 3 aromatic rings. The van der Waals surface area contributed by atoms with Crippen LogP contribution >= 0.6 is 11.6 Å². The molecule has 0 amide bonds. The minimum atomic E-state index is -0.485. The van der Waals surface area contributed by atoms with Crippen molar-refractivity contribution in [3.05, 3.63) is 63.6 Å². The van der Waals surface area contributed by atoms with Gasteiger partial charge in [0.15, 0.2) is 0 Å². The van der Waals surface area contributed by atoms with Crippen LogP contribution in [0.1, 0.15) is 5.89 Å². The summed E-state index contributed by atoms with van der Waals surface area (Å²) in [6.07, 6.45) is 1.90. The number of benzene rings is 1. The SMILES string of the molecule is O=[N+]([O-])c1cccnc1NCCc1nc(-c2ccc(Cl)cc2)no1. The van der Waals surface area contributed by atoms with Crippen molar-refractivity contribution in [1.29, 1.82) is 0 Å². The molecule has 0 saturated heterocycles. The van der Waals surface area contributed by atoms with E-state index in [2.05, 4.69) is 20.4 Å². The van der Waals surface area contributed by atoms with Gasteiger partial charge in [-0.2, -0.15) is 4.98 Å². The summed E-state index contributed by atoms with van der Waals surface area (Å²) in [6, 6.07) is 9.99. The fourth-order valence-corrected chi connectivity index (χ4v) is 2.17. The first-order valence-corrected chi connectivity index (χ1v) is 7.43. The van der Waals surface area contributed by atoms with Gasteiger partial charge in [0, 0.05) is 35.8 Å². The Hall–Kier alpha value is -3.00. The molecule has 0 unspecified atom stereocenters. The smallest absolute Gasteiger partial charge is 0.311 e. The first-order chi connectivity index (χ1) is 11.6. The zero-order valence-electron chi connectivity index (χ0n) is 12.3. The quantitative estimate of drug-likeness (QED) is 0.539. The zero-order valence-corrected chi connectivity index (χ0v) is 13.1. The molecule has 8 nitrogen and oxygen atoms in total. The first kappa shape index (κ1) is 15.9. The van der Waals surface area contributed by atoms with Gasteiger partial charge in [0.2, 0.25) is 17.5 Å². The Balaban J connectivity index is 1.62. The van der Waals surface area contributed by atoms with Gasteiger partial charge in [-0.05, 0) is 30.3 Å². The standard InChI is InChI=1S/C15H12ClN5O3/c16-11-5-3-10(4-6-11)14-19-13(24-20-14)7-9-18-15-12(21(22)23)2-1-8-17-15/h1-6,8H,7,9H2,(H,17,18). The van der Waals surface area contributed by atoms with Gasteiger partial charge in [0.05, 0.1) is 4.92 Å². The molecular formula is C15H12ClN5O3. The van der Waals surface area contributed by atoms with E-state index in [1.54, 1.807) is 24.3 Å². The van der Waals surface area contributed by atoms with Crippen molar-refractivity contribution in [2.45, 2.75) is 6.42 Å². The third-order valence-electron chi connectivity index (χ3n) is 3.18. The molecule has 0 radical (unpaired) electrons. The van der Waals surface area contributed by atoms with E-state index in [-0.39, 0.29) is 11.5 Å². The molecule has 2 heterocycles. The maximum absolute atomic E-state index is 10.9. The third-order valence-corrected chi connectivity index (χ3v) is 3.44. The number of hydrogen-bond donors (Lipinski definition) is 1. The highest BCUT2D eigenvalue weighted by molar-refractivity contribution is 6.30. The van der Waals surface area contributed by atoms with Gasteiger partial charge in [-0.15, -0.1) is 0 Å². The molecule has 0 fully saturated rings.